The minimum atomic E-state index is -0.516. The first kappa shape index (κ1) is 15.7. The molecule has 0 aliphatic heterocycles. The molecule has 114 valence electrons. The fourth-order valence-corrected chi connectivity index (χ4v) is 2.20. The van der Waals surface area contributed by atoms with Gasteiger partial charge < -0.3 is 5.11 Å². The average molecular weight is 297 g/mol. The maximum atomic E-state index is 11.8. The highest BCUT2D eigenvalue weighted by atomic mass is 16.6. The van der Waals surface area contributed by atoms with E-state index in [9.17, 15) is 15.2 Å². The van der Waals surface area contributed by atoms with Gasteiger partial charge in [0, 0.05) is 18.3 Å². The van der Waals surface area contributed by atoms with Gasteiger partial charge in [0.15, 0.2) is 0 Å². The van der Waals surface area contributed by atoms with E-state index in [1.54, 1.807) is 0 Å². The lowest BCUT2D eigenvalue weighted by Crippen LogP contribution is -2.00. The molecular formula is C17H17N2O3-. The molecule has 0 saturated carbocycles. The smallest absolute Gasteiger partial charge is 0.270 e. The monoisotopic (exact) mass is 297 g/mol. The Bertz CT molecular complexity index is 669. The van der Waals surface area contributed by atoms with Gasteiger partial charge in [0.1, 0.15) is 0 Å². The largest absolute Gasteiger partial charge is 0.872 e. The lowest BCUT2D eigenvalue weighted by molar-refractivity contribution is -0.385. The second-order valence-corrected chi connectivity index (χ2v) is 4.97. The van der Waals surface area contributed by atoms with E-state index in [4.69, 9.17) is 0 Å². The number of benzene rings is 2. The van der Waals surface area contributed by atoms with Crippen molar-refractivity contribution in [1.29, 1.82) is 0 Å². The number of aliphatic imine (C=N–C) groups is 1. The van der Waals surface area contributed by atoms with Crippen LogP contribution in [-0.4, -0.2) is 11.1 Å². The van der Waals surface area contributed by atoms with Crippen LogP contribution in [0.2, 0.25) is 0 Å². The highest BCUT2D eigenvalue weighted by Gasteiger charge is 2.09. The van der Waals surface area contributed by atoms with Crippen molar-refractivity contribution >= 4 is 11.9 Å². The zero-order valence-electron chi connectivity index (χ0n) is 12.3. The summed E-state index contributed by atoms with van der Waals surface area (Å²) in [5.41, 5.74) is 1.21. The van der Waals surface area contributed by atoms with Crippen LogP contribution in [0.5, 0.6) is 5.75 Å². The minimum Gasteiger partial charge on any atom is -0.872 e. The Morgan fingerprint density at radius 2 is 1.95 bits per heavy atom. The molecule has 0 spiro atoms. The molecule has 0 heterocycles. The van der Waals surface area contributed by atoms with Crippen molar-refractivity contribution in [3.63, 3.8) is 0 Å². The van der Waals surface area contributed by atoms with Gasteiger partial charge in [-0.15, -0.1) is 0 Å². The summed E-state index contributed by atoms with van der Waals surface area (Å²) >= 11 is 0. The van der Waals surface area contributed by atoms with E-state index in [0.29, 0.717) is 0 Å². The molecular weight excluding hydrogens is 280 g/mol. The molecule has 0 N–H and O–H groups in total. The molecule has 0 amide bonds. The molecule has 5 nitrogen and oxygen atoms in total. The lowest BCUT2D eigenvalue weighted by Gasteiger charge is -2.13. The standard InChI is InChI=1S/C17H18N2O3/c1-2-6-16(13-7-4-3-5-8-13)18-12-14-11-15(19(21)22)9-10-17(14)20/h3-5,7-12,16,20H,2,6H2,1H3/p-1/t16-/m0/s1. The third kappa shape index (κ3) is 3.91. The van der Waals surface area contributed by atoms with Gasteiger partial charge >= 0.3 is 0 Å². The second-order valence-electron chi connectivity index (χ2n) is 4.97. The summed E-state index contributed by atoms with van der Waals surface area (Å²) < 4.78 is 0. The normalized spacial score (nSPS) is 12.4. The van der Waals surface area contributed by atoms with Crippen molar-refractivity contribution in [1.82, 2.24) is 0 Å². The third-order valence-electron chi connectivity index (χ3n) is 3.34. The van der Waals surface area contributed by atoms with Gasteiger partial charge in [-0.2, -0.15) is 0 Å². The number of hydrogen-bond donors (Lipinski definition) is 0. The number of nitrogens with zero attached hydrogens (tertiary/aromatic N) is 2. The van der Waals surface area contributed by atoms with Crippen LogP contribution in [0.3, 0.4) is 0 Å². The van der Waals surface area contributed by atoms with Crippen molar-refractivity contribution in [3.05, 3.63) is 69.8 Å². The molecule has 0 aromatic heterocycles. The third-order valence-corrected chi connectivity index (χ3v) is 3.34. The fraction of sp³-hybridized carbons (Fsp3) is 0.235. The highest BCUT2D eigenvalue weighted by Crippen LogP contribution is 2.24. The molecule has 0 bridgehead atoms. The zero-order chi connectivity index (χ0) is 15.9. The number of non-ortho nitro benzene ring substituents is 1. The van der Waals surface area contributed by atoms with E-state index in [1.807, 2.05) is 30.3 Å². The minimum absolute atomic E-state index is 0.0511. The molecule has 2 aromatic carbocycles. The van der Waals surface area contributed by atoms with Gasteiger partial charge in [-0.1, -0.05) is 55.5 Å². The maximum absolute atomic E-state index is 11.8. The zero-order valence-corrected chi connectivity index (χ0v) is 12.3. The number of rotatable bonds is 6. The Hall–Kier alpha value is -2.69. The van der Waals surface area contributed by atoms with Crippen molar-refractivity contribution in [2.75, 3.05) is 0 Å². The van der Waals surface area contributed by atoms with Gasteiger partial charge in [0.25, 0.3) is 5.69 Å². The topological polar surface area (TPSA) is 78.6 Å². The van der Waals surface area contributed by atoms with Crippen LogP contribution < -0.4 is 5.11 Å². The Labute approximate surface area is 129 Å². The van der Waals surface area contributed by atoms with E-state index in [0.717, 1.165) is 18.4 Å². The number of nitro benzene ring substituents is 1. The highest BCUT2D eigenvalue weighted by molar-refractivity contribution is 5.84. The van der Waals surface area contributed by atoms with E-state index >= 15 is 0 Å². The second kappa shape index (κ2) is 7.36. The predicted octanol–water partition coefficient (Wildman–Crippen LogP) is 3.63. The van der Waals surface area contributed by atoms with Crippen LogP contribution >= 0.6 is 0 Å². The van der Waals surface area contributed by atoms with Crippen LogP contribution in [0.25, 0.3) is 0 Å². The molecule has 0 saturated heterocycles. The Morgan fingerprint density at radius 3 is 2.59 bits per heavy atom. The SMILES string of the molecule is CCC[C@H](N=Cc1cc([N+](=O)[O-])ccc1[O-])c1ccccc1. The average Bonchev–Trinajstić information content (AvgIpc) is 2.53. The van der Waals surface area contributed by atoms with E-state index in [2.05, 4.69) is 11.9 Å². The van der Waals surface area contributed by atoms with Gasteiger partial charge in [0.05, 0.1) is 11.0 Å². The molecule has 0 aliphatic rings. The maximum Gasteiger partial charge on any atom is 0.270 e. The first-order chi connectivity index (χ1) is 10.6. The summed E-state index contributed by atoms with van der Waals surface area (Å²) in [6, 6.07) is 13.4. The van der Waals surface area contributed by atoms with Gasteiger partial charge in [-0.25, -0.2) is 0 Å². The first-order valence-corrected chi connectivity index (χ1v) is 7.15. The van der Waals surface area contributed by atoms with Crippen molar-refractivity contribution in [2.24, 2.45) is 4.99 Å². The number of hydrogen-bond acceptors (Lipinski definition) is 4. The number of nitro groups is 1. The Kier molecular flexibility index (Phi) is 5.25. The van der Waals surface area contributed by atoms with Crippen molar-refractivity contribution in [2.45, 2.75) is 25.8 Å². The Balaban J connectivity index is 2.28. The molecule has 0 aliphatic carbocycles. The lowest BCUT2D eigenvalue weighted by atomic mass is 10.0. The van der Waals surface area contributed by atoms with Crippen LogP contribution in [-0.2, 0) is 0 Å². The molecule has 22 heavy (non-hydrogen) atoms. The summed E-state index contributed by atoms with van der Waals surface area (Å²) in [6.45, 7) is 2.07. The van der Waals surface area contributed by atoms with E-state index in [1.165, 1.54) is 24.4 Å². The van der Waals surface area contributed by atoms with Crippen LogP contribution in [0.1, 0.15) is 36.9 Å². The summed E-state index contributed by atoms with van der Waals surface area (Å²) in [6.07, 6.45) is 3.25. The van der Waals surface area contributed by atoms with Crippen LogP contribution in [0.4, 0.5) is 5.69 Å². The summed E-state index contributed by atoms with van der Waals surface area (Å²) in [4.78, 5) is 14.7. The fourth-order valence-electron chi connectivity index (χ4n) is 2.20. The van der Waals surface area contributed by atoms with Crippen LogP contribution in [0, 0.1) is 10.1 Å². The van der Waals surface area contributed by atoms with Gasteiger partial charge in [-0.3, -0.25) is 15.1 Å². The summed E-state index contributed by atoms with van der Waals surface area (Å²) in [7, 11) is 0. The van der Waals surface area contributed by atoms with Crippen molar-refractivity contribution in [3.8, 4) is 5.75 Å². The molecule has 0 radical (unpaired) electrons. The first-order valence-electron chi connectivity index (χ1n) is 7.15. The molecule has 2 aromatic rings. The quantitative estimate of drug-likeness (QED) is 0.464. The van der Waals surface area contributed by atoms with E-state index in [-0.39, 0.29) is 23.0 Å². The summed E-state index contributed by atoms with van der Waals surface area (Å²) in [5.74, 6) is -0.266. The Morgan fingerprint density at radius 1 is 1.23 bits per heavy atom. The molecule has 1 atom stereocenters. The van der Waals surface area contributed by atoms with E-state index < -0.39 is 4.92 Å². The predicted molar refractivity (Wildman–Crippen MR) is 84.2 cm³/mol. The molecule has 2 rings (SSSR count). The summed E-state index contributed by atoms with van der Waals surface area (Å²) in [5, 5.41) is 22.6. The van der Waals surface area contributed by atoms with Gasteiger partial charge in [-0.05, 0) is 17.5 Å². The molecule has 5 heteroatoms. The van der Waals surface area contributed by atoms with Gasteiger partial charge in [0.2, 0.25) is 0 Å². The van der Waals surface area contributed by atoms with Crippen LogP contribution in [0.15, 0.2) is 53.5 Å². The molecule has 0 unspecified atom stereocenters. The molecule has 0 fully saturated rings. The van der Waals surface area contributed by atoms with Crippen molar-refractivity contribution < 1.29 is 10.0 Å².